The topological polar surface area (TPSA) is 62.3 Å². The average molecular weight is 339 g/mol. The third-order valence-electron chi connectivity index (χ3n) is 5.14. The van der Waals surface area contributed by atoms with Gasteiger partial charge in [0.15, 0.2) is 0 Å². The maximum absolute atomic E-state index is 9.16. The second kappa shape index (κ2) is 7.28. The van der Waals surface area contributed by atoms with Crippen LogP contribution in [0.5, 0.6) is 5.75 Å². The van der Waals surface area contributed by atoms with E-state index >= 15 is 0 Å². The highest BCUT2D eigenvalue weighted by atomic mass is 16.5. The highest BCUT2D eigenvalue weighted by Crippen LogP contribution is 2.32. The lowest BCUT2D eigenvalue weighted by atomic mass is 9.99. The van der Waals surface area contributed by atoms with Crippen molar-refractivity contribution >= 4 is 0 Å². The summed E-state index contributed by atoms with van der Waals surface area (Å²) in [6, 6.07) is 6.35. The number of methoxy groups -OCH3 is 1. The quantitative estimate of drug-likeness (QED) is 0.842. The molecule has 0 amide bonds. The van der Waals surface area contributed by atoms with Crippen LogP contribution in [0.1, 0.15) is 35.4 Å². The maximum Gasteiger partial charge on any atom is 0.226 e. The minimum absolute atomic E-state index is 0.131. The second-order valence-electron chi connectivity index (χ2n) is 6.79. The maximum atomic E-state index is 9.16. The molecule has 1 aromatic heterocycles. The van der Waals surface area contributed by atoms with Gasteiger partial charge in [0.2, 0.25) is 5.89 Å². The Balaban J connectivity index is 1.83. The van der Waals surface area contributed by atoms with Crippen molar-refractivity contribution in [3.8, 4) is 23.3 Å². The molecule has 25 heavy (non-hydrogen) atoms. The van der Waals surface area contributed by atoms with E-state index in [9.17, 15) is 0 Å². The number of ether oxygens (including phenoxy) is 1. The van der Waals surface area contributed by atoms with E-state index in [2.05, 4.69) is 17.9 Å². The Hall–Kier alpha value is -2.32. The molecule has 5 nitrogen and oxygen atoms in total. The van der Waals surface area contributed by atoms with Gasteiger partial charge >= 0.3 is 0 Å². The first-order valence-corrected chi connectivity index (χ1v) is 8.76. The van der Waals surface area contributed by atoms with Crippen LogP contribution in [-0.2, 0) is 6.54 Å². The van der Waals surface area contributed by atoms with Crippen LogP contribution < -0.4 is 4.74 Å². The summed E-state index contributed by atoms with van der Waals surface area (Å²) in [4.78, 5) is 7.05. The van der Waals surface area contributed by atoms with E-state index in [1.54, 1.807) is 7.11 Å². The molecule has 0 saturated carbocycles. The van der Waals surface area contributed by atoms with Crippen LogP contribution in [0.15, 0.2) is 16.5 Å². The van der Waals surface area contributed by atoms with Crippen LogP contribution >= 0.6 is 0 Å². The molecule has 1 aromatic carbocycles. The first kappa shape index (κ1) is 17.5. The molecule has 2 aromatic rings. The molecule has 3 rings (SSSR count). The lowest BCUT2D eigenvalue weighted by molar-refractivity contribution is 0.189. The number of benzene rings is 1. The molecule has 0 radical (unpaired) electrons. The van der Waals surface area contributed by atoms with Crippen LogP contribution in [0.3, 0.4) is 0 Å². The molecule has 1 saturated heterocycles. The van der Waals surface area contributed by atoms with E-state index < -0.39 is 0 Å². The average Bonchev–Trinajstić information content (AvgIpc) is 2.97. The smallest absolute Gasteiger partial charge is 0.226 e. The molecule has 0 N–H and O–H groups in total. The third-order valence-corrected chi connectivity index (χ3v) is 5.14. The van der Waals surface area contributed by atoms with Crippen molar-refractivity contribution in [2.45, 2.75) is 40.2 Å². The Morgan fingerprint density at radius 3 is 2.84 bits per heavy atom. The van der Waals surface area contributed by atoms with Crippen LogP contribution in [0.4, 0.5) is 0 Å². The standard InChI is InChI=1S/C20H25N3O2/c1-13-14(2)19(24-4)8-7-17(13)20-22-18(15(3)25-20)12-23-9-5-6-16(10-21)11-23/h7-8,16H,5-6,9,11-12H2,1-4H3/t16-/m0/s1. The molecular weight excluding hydrogens is 314 g/mol. The normalized spacial score (nSPS) is 18.1. The summed E-state index contributed by atoms with van der Waals surface area (Å²) in [5.74, 6) is 2.51. The van der Waals surface area contributed by atoms with Crippen LogP contribution in [-0.4, -0.2) is 30.1 Å². The molecular formula is C20H25N3O2. The zero-order valence-electron chi connectivity index (χ0n) is 15.4. The molecule has 0 aliphatic carbocycles. The Bertz CT molecular complexity index is 804. The van der Waals surface area contributed by atoms with Crippen molar-refractivity contribution < 1.29 is 9.15 Å². The second-order valence-corrected chi connectivity index (χ2v) is 6.79. The molecule has 1 atom stereocenters. The predicted octanol–water partition coefficient (Wildman–Crippen LogP) is 4.01. The lowest BCUT2D eigenvalue weighted by Gasteiger charge is -2.28. The Labute approximate surface area is 149 Å². The van der Waals surface area contributed by atoms with Crippen molar-refractivity contribution in [2.75, 3.05) is 20.2 Å². The van der Waals surface area contributed by atoms with E-state index in [-0.39, 0.29) is 5.92 Å². The summed E-state index contributed by atoms with van der Waals surface area (Å²) in [7, 11) is 1.68. The SMILES string of the molecule is COc1ccc(-c2nc(CN3CCC[C@@H](C#N)C3)c(C)o2)c(C)c1C. The number of piperidine rings is 1. The number of oxazole rings is 1. The van der Waals surface area contributed by atoms with Crippen molar-refractivity contribution in [2.24, 2.45) is 5.92 Å². The largest absolute Gasteiger partial charge is 0.496 e. The molecule has 1 aliphatic heterocycles. The number of likely N-dealkylation sites (tertiary alicyclic amines) is 1. The lowest BCUT2D eigenvalue weighted by Crippen LogP contribution is -2.34. The zero-order valence-corrected chi connectivity index (χ0v) is 15.4. The van der Waals surface area contributed by atoms with E-state index in [0.717, 1.165) is 66.4 Å². The summed E-state index contributed by atoms with van der Waals surface area (Å²) in [6.07, 6.45) is 2.07. The Morgan fingerprint density at radius 2 is 2.12 bits per heavy atom. The van der Waals surface area contributed by atoms with E-state index in [1.807, 2.05) is 26.0 Å². The first-order valence-electron chi connectivity index (χ1n) is 8.76. The Kier molecular flexibility index (Phi) is 5.10. The van der Waals surface area contributed by atoms with Crippen LogP contribution in [0.25, 0.3) is 11.5 Å². The Morgan fingerprint density at radius 1 is 1.32 bits per heavy atom. The number of hydrogen-bond acceptors (Lipinski definition) is 5. The summed E-state index contributed by atoms with van der Waals surface area (Å²) in [5, 5.41) is 9.16. The van der Waals surface area contributed by atoms with Gasteiger partial charge in [-0.15, -0.1) is 0 Å². The van der Waals surface area contributed by atoms with Crippen molar-refractivity contribution in [3.63, 3.8) is 0 Å². The number of aryl methyl sites for hydroxylation is 1. The summed E-state index contributed by atoms with van der Waals surface area (Å²) in [5.41, 5.74) is 4.18. The van der Waals surface area contributed by atoms with Gasteiger partial charge in [-0.2, -0.15) is 5.26 Å². The van der Waals surface area contributed by atoms with Crippen LogP contribution in [0.2, 0.25) is 0 Å². The number of nitriles is 1. The first-order chi connectivity index (χ1) is 12.0. The van der Waals surface area contributed by atoms with Gasteiger partial charge in [-0.05, 0) is 63.4 Å². The molecule has 1 aliphatic rings. The fourth-order valence-corrected chi connectivity index (χ4v) is 3.45. The molecule has 0 unspecified atom stereocenters. The number of aromatic nitrogens is 1. The molecule has 5 heteroatoms. The van der Waals surface area contributed by atoms with Gasteiger partial charge < -0.3 is 9.15 Å². The van der Waals surface area contributed by atoms with Crippen molar-refractivity contribution in [3.05, 3.63) is 34.7 Å². The van der Waals surface area contributed by atoms with E-state index in [4.69, 9.17) is 19.4 Å². The number of rotatable bonds is 4. The predicted molar refractivity (Wildman–Crippen MR) is 96.3 cm³/mol. The number of hydrogen-bond donors (Lipinski definition) is 0. The fraction of sp³-hybridized carbons (Fsp3) is 0.500. The van der Waals surface area contributed by atoms with Gasteiger partial charge in [0, 0.05) is 18.7 Å². The summed E-state index contributed by atoms with van der Waals surface area (Å²) >= 11 is 0. The van der Waals surface area contributed by atoms with E-state index in [0.29, 0.717) is 5.89 Å². The molecule has 2 heterocycles. The molecule has 0 spiro atoms. The monoisotopic (exact) mass is 339 g/mol. The van der Waals surface area contributed by atoms with Gasteiger partial charge in [-0.3, -0.25) is 4.90 Å². The van der Waals surface area contributed by atoms with Gasteiger partial charge in [0.05, 0.1) is 24.8 Å². The minimum atomic E-state index is 0.131. The van der Waals surface area contributed by atoms with Crippen molar-refractivity contribution in [1.29, 1.82) is 5.26 Å². The van der Waals surface area contributed by atoms with Gasteiger partial charge in [0.25, 0.3) is 0 Å². The molecule has 1 fully saturated rings. The van der Waals surface area contributed by atoms with Gasteiger partial charge in [-0.1, -0.05) is 0 Å². The van der Waals surface area contributed by atoms with Gasteiger partial charge in [0.1, 0.15) is 11.5 Å². The minimum Gasteiger partial charge on any atom is -0.496 e. The third kappa shape index (κ3) is 3.54. The van der Waals surface area contributed by atoms with Crippen molar-refractivity contribution in [1.82, 2.24) is 9.88 Å². The number of nitrogens with zero attached hydrogens (tertiary/aromatic N) is 3. The van der Waals surface area contributed by atoms with Crippen LogP contribution in [0, 0.1) is 38.0 Å². The van der Waals surface area contributed by atoms with Gasteiger partial charge in [-0.25, -0.2) is 4.98 Å². The molecule has 132 valence electrons. The highest BCUT2D eigenvalue weighted by Gasteiger charge is 2.22. The summed E-state index contributed by atoms with van der Waals surface area (Å²) in [6.45, 7) is 8.64. The highest BCUT2D eigenvalue weighted by molar-refractivity contribution is 5.63. The molecule has 0 bridgehead atoms. The zero-order chi connectivity index (χ0) is 18.0. The van der Waals surface area contributed by atoms with E-state index in [1.165, 1.54) is 0 Å². The fourth-order valence-electron chi connectivity index (χ4n) is 3.45. The summed E-state index contributed by atoms with van der Waals surface area (Å²) < 4.78 is 11.3.